The van der Waals surface area contributed by atoms with Crippen molar-refractivity contribution >= 4 is 23.4 Å². The zero-order valence-electron chi connectivity index (χ0n) is 9.47. The third-order valence-electron chi connectivity index (χ3n) is 2.34. The molecule has 0 saturated carbocycles. The van der Waals surface area contributed by atoms with E-state index in [-0.39, 0.29) is 0 Å². The number of nitrogens with zero attached hydrogens (tertiary/aromatic N) is 3. The lowest BCUT2D eigenvalue weighted by Gasteiger charge is -2.17. The summed E-state index contributed by atoms with van der Waals surface area (Å²) >= 11 is 5.83. The number of benzene rings is 1. The van der Waals surface area contributed by atoms with Gasteiger partial charge in [-0.3, -0.25) is 0 Å². The molecule has 1 heterocycles. The summed E-state index contributed by atoms with van der Waals surface area (Å²) in [4.78, 5) is 10.2. The molecule has 0 aliphatic heterocycles. The second kappa shape index (κ2) is 5.01. The second-order valence-electron chi connectivity index (χ2n) is 3.76. The van der Waals surface area contributed by atoms with E-state index in [1.54, 1.807) is 12.3 Å². The Morgan fingerprint density at radius 3 is 2.59 bits per heavy atom. The number of nitrogens with two attached hydrogens (primary N) is 1. The first-order valence-electron chi connectivity index (χ1n) is 5.19. The van der Waals surface area contributed by atoms with Gasteiger partial charge < -0.3 is 10.6 Å². The molecule has 17 heavy (non-hydrogen) atoms. The minimum Gasteiger partial charge on any atom is -0.384 e. The van der Waals surface area contributed by atoms with Gasteiger partial charge in [-0.1, -0.05) is 23.7 Å². The molecule has 0 atom stereocenters. The van der Waals surface area contributed by atoms with E-state index in [0.717, 1.165) is 10.6 Å². The van der Waals surface area contributed by atoms with Crippen molar-refractivity contribution in [3.8, 4) is 0 Å². The fourth-order valence-corrected chi connectivity index (χ4v) is 1.61. The van der Waals surface area contributed by atoms with Crippen LogP contribution in [0, 0.1) is 0 Å². The first-order valence-corrected chi connectivity index (χ1v) is 5.57. The number of hydrogen-bond donors (Lipinski definition) is 1. The smallest absolute Gasteiger partial charge is 0.227 e. The Hall–Kier alpha value is -1.81. The summed E-state index contributed by atoms with van der Waals surface area (Å²) < 4.78 is 0. The van der Waals surface area contributed by atoms with Gasteiger partial charge in [-0.15, -0.1) is 0 Å². The third-order valence-corrected chi connectivity index (χ3v) is 2.59. The molecule has 0 saturated heterocycles. The van der Waals surface area contributed by atoms with Crippen molar-refractivity contribution in [1.29, 1.82) is 0 Å². The van der Waals surface area contributed by atoms with Crippen molar-refractivity contribution in [1.82, 2.24) is 9.97 Å². The lowest BCUT2D eigenvalue weighted by atomic mass is 10.2. The average Bonchev–Trinajstić information content (AvgIpc) is 2.32. The SMILES string of the molecule is CN(Cc1ccc(Cl)cc1)c1nccc(N)n1. The van der Waals surface area contributed by atoms with Gasteiger partial charge in [0.2, 0.25) is 5.95 Å². The molecule has 2 aromatic rings. The Morgan fingerprint density at radius 1 is 1.24 bits per heavy atom. The molecule has 0 spiro atoms. The molecular weight excluding hydrogens is 236 g/mol. The predicted molar refractivity (Wildman–Crippen MR) is 70.0 cm³/mol. The fraction of sp³-hybridized carbons (Fsp3) is 0.167. The van der Waals surface area contributed by atoms with Gasteiger partial charge in [0.15, 0.2) is 0 Å². The highest BCUT2D eigenvalue weighted by atomic mass is 35.5. The van der Waals surface area contributed by atoms with Crippen LogP contribution in [0.5, 0.6) is 0 Å². The van der Waals surface area contributed by atoms with Crippen molar-refractivity contribution in [3.05, 3.63) is 47.1 Å². The van der Waals surface area contributed by atoms with Gasteiger partial charge in [-0.25, -0.2) is 4.98 Å². The number of hydrogen-bond acceptors (Lipinski definition) is 4. The highest BCUT2D eigenvalue weighted by Gasteiger charge is 2.05. The van der Waals surface area contributed by atoms with Crippen LogP contribution in [-0.2, 0) is 6.54 Å². The lowest BCUT2D eigenvalue weighted by molar-refractivity contribution is 0.868. The molecule has 5 heteroatoms. The van der Waals surface area contributed by atoms with Gasteiger partial charge >= 0.3 is 0 Å². The topological polar surface area (TPSA) is 55.0 Å². The third kappa shape index (κ3) is 3.07. The van der Waals surface area contributed by atoms with Crippen LogP contribution >= 0.6 is 11.6 Å². The maximum absolute atomic E-state index is 5.83. The number of nitrogen functional groups attached to an aromatic ring is 1. The number of aromatic nitrogens is 2. The minimum atomic E-state index is 0.470. The lowest BCUT2D eigenvalue weighted by Crippen LogP contribution is -2.19. The molecule has 88 valence electrons. The molecule has 0 bridgehead atoms. The van der Waals surface area contributed by atoms with Crippen molar-refractivity contribution in [2.24, 2.45) is 0 Å². The molecule has 2 rings (SSSR count). The van der Waals surface area contributed by atoms with Crippen LogP contribution in [0.4, 0.5) is 11.8 Å². The Balaban J connectivity index is 2.11. The molecule has 1 aromatic heterocycles. The van der Waals surface area contributed by atoms with E-state index in [1.165, 1.54) is 0 Å². The summed E-state index contributed by atoms with van der Waals surface area (Å²) in [6, 6.07) is 9.35. The Labute approximate surface area is 105 Å². The molecule has 2 N–H and O–H groups in total. The summed E-state index contributed by atoms with van der Waals surface area (Å²) in [5.41, 5.74) is 6.76. The molecule has 0 unspecified atom stereocenters. The van der Waals surface area contributed by atoms with Gasteiger partial charge in [0.25, 0.3) is 0 Å². The minimum absolute atomic E-state index is 0.470. The number of anilines is 2. The van der Waals surface area contributed by atoms with Gasteiger partial charge in [0.05, 0.1) is 0 Å². The van der Waals surface area contributed by atoms with Gasteiger partial charge in [0, 0.05) is 24.8 Å². The Morgan fingerprint density at radius 2 is 1.94 bits per heavy atom. The highest BCUT2D eigenvalue weighted by molar-refractivity contribution is 6.30. The van der Waals surface area contributed by atoms with Crippen molar-refractivity contribution in [2.75, 3.05) is 17.7 Å². The molecular formula is C12H13ClN4. The Bertz CT molecular complexity index is 498. The van der Waals surface area contributed by atoms with Gasteiger partial charge in [-0.2, -0.15) is 4.98 Å². The average molecular weight is 249 g/mol. The summed E-state index contributed by atoms with van der Waals surface area (Å²) in [6.45, 7) is 0.709. The van der Waals surface area contributed by atoms with Gasteiger partial charge in [-0.05, 0) is 23.8 Å². The van der Waals surface area contributed by atoms with Crippen LogP contribution in [0.2, 0.25) is 5.02 Å². The largest absolute Gasteiger partial charge is 0.384 e. The fourth-order valence-electron chi connectivity index (χ4n) is 1.48. The number of halogens is 1. The second-order valence-corrected chi connectivity index (χ2v) is 4.20. The summed E-state index contributed by atoms with van der Waals surface area (Å²) in [5, 5.41) is 0.733. The van der Waals surface area contributed by atoms with Crippen LogP contribution in [0.3, 0.4) is 0 Å². The number of rotatable bonds is 3. The normalized spacial score (nSPS) is 10.2. The van der Waals surface area contributed by atoms with E-state index in [9.17, 15) is 0 Å². The molecule has 0 aliphatic carbocycles. The quantitative estimate of drug-likeness (QED) is 0.906. The van der Waals surface area contributed by atoms with Crippen LogP contribution in [-0.4, -0.2) is 17.0 Å². The van der Waals surface area contributed by atoms with Crippen molar-refractivity contribution in [3.63, 3.8) is 0 Å². The van der Waals surface area contributed by atoms with Crippen LogP contribution in [0.15, 0.2) is 36.5 Å². The summed E-state index contributed by atoms with van der Waals surface area (Å²) in [7, 11) is 1.92. The standard InChI is InChI=1S/C12H13ClN4/c1-17(12-15-7-6-11(14)16-12)8-9-2-4-10(13)5-3-9/h2-7H,8H2,1H3,(H2,14,15,16). The molecule has 0 aliphatic rings. The van der Waals surface area contributed by atoms with Crippen molar-refractivity contribution in [2.45, 2.75) is 6.54 Å². The maximum Gasteiger partial charge on any atom is 0.227 e. The van der Waals surface area contributed by atoms with E-state index in [1.807, 2.05) is 36.2 Å². The maximum atomic E-state index is 5.83. The van der Waals surface area contributed by atoms with Gasteiger partial charge in [0.1, 0.15) is 5.82 Å². The van der Waals surface area contributed by atoms with Crippen LogP contribution < -0.4 is 10.6 Å². The highest BCUT2D eigenvalue weighted by Crippen LogP contribution is 2.14. The van der Waals surface area contributed by atoms with E-state index in [2.05, 4.69) is 9.97 Å². The zero-order valence-corrected chi connectivity index (χ0v) is 10.2. The molecule has 1 aromatic carbocycles. The first-order chi connectivity index (χ1) is 8.15. The molecule has 4 nitrogen and oxygen atoms in total. The molecule has 0 fully saturated rings. The predicted octanol–water partition coefficient (Wildman–Crippen LogP) is 2.35. The first kappa shape index (κ1) is 11.7. The summed E-state index contributed by atoms with van der Waals surface area (Å²) in [6.07, 6.45) is 1.65. The zero-order chi connectivity index (χ0) is 12.3. The monoisotopic (exact) mass is 248 g/mol. The van der Waals surface area contributed by atoms with E-state index >= 15 is 0 Å². The Kier molecular flexibility index (Phi) is 3.44. The molecule has 0 radical (unpaired) electrons. The van der Waals surface area contributed by atoms with E-state index in [4.69, 9.17) is 17.3 Å². The van der Waals surface area contributed by atoms with E-state index in [0.29, 0.717) is 18.3 Å². The van der Waals surface area contributed by atoms with Crippen LogP contribution in [0.25, 0.3) is 0 Å². The van der Waals surface area contributed by atoms with E-state index < -0.39 is 0 Å². The van der Waals surface area contributed by atoms with Crippen molar-refractivity contribution < 1.29 is 0 Å². The molecule has 0 amide bonds. The van der Waals surface area contributed by atoms with Crippen LogP contribution in [0.1, 0.15) is 5.56 Å². The summed E-state index contributed by atoms with van der Waals surface area (Å²) in [5.74, 6) is 1.08.